The van der Waals surface area contributed by atoms with E-state index in [2.05, 4.69) is 39.0 Å². The molecule has 0 saturated heterocycles. The lowest BCUT2D eigenvalue weighted by Gasteiger charge is -2.21. The highest BCUT2D eigenvalue weighted by molar-refractivity contribution is 5.49. The molecule has 0 N–H and O–H groups in total. The summed E-state index contributed by atoms with van der Waals surface area (Å²) in [6.07, 6.45) is 4.60. The summed E-state index contributed by atoms with van der Waals surface area (Å²) in [5.41, 5.74) is 2.73. The standard InChI is InChI=1S/C16H24O2/c1-16(2,3)14-9-10-15(18-4)13(12-14)8-6-5-7-11-17/h9-12H,5-8H2,1-4H3. The summed E-state index contributed by atoms with van der Waals surface area (Å²) in [5.74, 6) is 0.953. The molecule has 100 valence electrons. The van der Waals surface area contributed by atoms with Crippen molar-refractivity contribution < 1.29 is 9.53 Å². The molecule has 0 unspecified atom stereocenters. The van der Waals surface area contributed by atoms with E-state index in [4.69, 9.17) is 4.74 Å². The summed E-state index contributed by atoms with van der Waals surface area (Å²) in [5, 5.41) is 0. The maximum Gasteiger partial charge on any atom is 0.122 e. The maximum absolute atomic E-state index is 10.3. The molecule has 0 aliphatic rings. The van der Waals surface area contributed by atoms with E-state index in [0.29, 0.717) is 6.42 Å². The second-order valence-corrected chi connectivity index (χ2v) is 5.69. The van der Waals surface area contributed by atoms with Gasteiger partial charge in [0.05, 0.1) is 7.11 Å². The Morgan fingerprint density at radius 1 is 1.22 bits per heavy atom. The smallest absolute Gasteiger partial charge is 0.122 e. The molecule has 0 radical (unpaired) electrons. The highest BCUT2D eigenvalue weighted by Gasteiger charge is 2.15. The molecule has 0 fully saturated rings. The Bertz CT molecular complexity index is 389. The van der Waals surface area contributed by atoms with E-state index >= 15 is 0 Å². The van der Waals surface area contributed by atoms with Crippen LogP contribution in [0.4, 0.5) is 0 Å². The average Bonchev–Trinajstić information content (AvgIpc) is 2.33. The van der Waals surface area contributed by atoms with Gasteiger partial charge in [-0.05, 0) is 41.9 Å². The van der Waals surface area contributed by atoms with Crippen LogP contribution in [0.3, 0.4) is 0 Å². The lowest BCUT2D eigenvalue weighted by Crippen LogP contribution is -2.11. The first-order valence-electron chi connectivity index (χ1n) is 6.60. The summed E-state index contributed by atoms with van der Waals surface area (Å²) in [7, 11) is 1.71. The largest absolute Gasteiger partial charge is 0.496 e. The Hall–Kier alpha value is -1.31. The van der Waals surface area contributed by atoms with Gasteiger partial charge in [0.1, 0.15) is 12.0 Å². The van der Waals surface area contributed by atoms with Crippen molar-refractivity contribution in [1.82, 2.24) is 0 Å². The van der Waals surface area contributed by atoms with E-state index in [1.54, 1.807) is 7.11 Å². The van der Waals surface area contributed by atoms with Crippen LogP contribution < -0.4 is 4.74 Å². The predicted octanol–water partition coefficient (Wildman–Crippen LogP) is 3.90. The number of hydrogen-bond acceptors (Lipinski definition) is 2. The van der Waals surface area contributed by atoms with Crippen LogP contribution in [-0.4, -0.2) is 13.4 Å². The van der Waals surface area contributed by atoms with Gasteiger partial charge in [0.2, 0.25) is 0 Å². The molecule has 0 amide bonds. The van der Waals surface area contributed by atoms with Gasteiger partial charge < -0.3 is 9.53 Å². The van der Waals surface area contributed by atoms with E-state index in [9.17, 15) is 4.79 Å². The van der Waals surface area contributed by atoms with Gasteiger partial charge in [-0.15, -0.1) is 0 Å². The number of hydrogen-bond donors (Lipinski definition) is 0. The molecule has 0 aliphatic heterocycles. The molecule has 0 spiro atoms. The van der Waals surface area contributed by atoms with Gasteiger partial charge in [-0.2, -0.15) is 0 Å². The number of ether oxygens (including phenoxy) is 1. The number of benzene rings is 1. The Labute approximate surface area is 110 Å². The molecule has 1 rings (SSSR count). The van der Waals surface area contributed by atoms with Crippen molar-refractivity contribution in [3.63, 3.8) is 0 Å². The minimum absolute atomic E-state index is 0.157. The highest BCUT2D eigenvalue weighted by atomic mass is 16.5. The zero-order chi connectivity index (χ0) is 13.6. The third kappa shape index (κ3) is 4.17. The minimum Gasteiger partial charge on any atom is -0.496 e. The van der Waals surface area contributed by atoms with E-state index in [1.807, 2.05) is 0 Å². The van der Waals surface area contributed by atoms with Crippen LogP contribution in [-0.2, 0) is 16.6 Å². The van der Waals surface area contributed by atoms with Gasteiger partial charge in [0.25, 0.3) is 0 Å². The van der Waals surface area contributed by atoms with Gasteiger partial charge in [0, 0.05) is 6.42 Å². The number of aldehydes is 1. The van der Waals surface area contributed by atoms with Crippen LogP contribution in [0.2, 0.25) is 0 Å². The lowest BCUT2D eigenvalue weighted by atomic mass is 9.85. The van der Waals surface area contributed by atoms with Crippen LogP contribution in [0, 0.1) is 0 Å². The van der Waals surface area contributed by atoms with Crippen LogP contribution in [0.15, 0.2) is 18.2 Å². The van der Waals surface area contributed by atoms with E-state index < -0.39 is 0 Å². The molecular formula is C16H24O2. The number of aryl methyl sites for hydroxylation is 1. The Morgan fingerprint density at radius 3 is 2.50 bits per heavy atom. The fraction of sp³-hybridized carbons (Fsp3) is 0.562. The van der Waals surface area contributed by atoms with E-state index in [1.165, 1.54) is 11.1 Å². The summed E-state index contributed by atoms with van der Waals surface area (Å²) in [4.78, 5) is 10.3. The second-order valence-electron chi connectivity index (χ2n) is 5.69. The third-order valence-electron chi connectivity index (χ3n) is 3.16. The molecule has 0 aromatic heterocycles. The van der Waals surface area contributed by atoms with Crippen molar-refractivity contribution in [2.45, 2.75) is 51.9 Å². The summed E-state index contributed by atoms with van der Waals surface area (Å²) >= 11 is 0. The van der Waals surface area contributed by atoms with Crippen molar-refractivity contribution in [3.8, 4) is 5.75 Å². The van der Waals surface area contributed by atoms with Crippen molar-refractivity contribution in [1.29, 1.82) is 0 Å². The average molecular weight is 248 g/mol. The van der Waals surface area contributed by atoms with Crippen molar-refractivity contribution >= 4 is 6.29 Å². The molecule has 0 atom stereocenters. The first-order valence-corrected chi connectivity index (χ1v) is 6.60. The van der Waals surface area contributed by atoms with Crippen molar-refractivity contribution in [3.05, 3.63) is 29.3 Å². The molecule has 1 aromatic rings. The fourth-order valence-corrected chi connectivity index (χ4v) is 1.98. The normalized spacial score (nSPS) is 11.3. The van der Waals surface area contributed by atoms with Crippen molar-refractivity contribution in [2.75, 3.05) is 7.11 Å². The Kier molecular flexibility index (Phi) is 5.39. The number of unbranched alkanes of at least 4 members (excludes halogenated alkanes) is 2. The molecule has 18 heavy (non-hydrogen) atoms. The summed E-state index contributed by atoms with van der Waals surface area (Å²) < 4.78 is 5.40. The summed E-state index contributed by atoms with van der Waals surface area (Å²) in [6, 6.07) is 6.42. The summed E-state index contributed by atoms with van der Waals surface area (Å²) in [6.45, 7) is 6.64. The van der Waals surface area contributed by atoms with Crippen LogP contribution >= 0.6 is 0 Å². The zero-order valence-corrected chi connectivity index (χ0v) is 12.0. The zero-order valence-electron chi connectivity index (χ0n) is 12.0. The predicted molar refractivity (Wildman–Crippen MR) is 75.3 cm³/mol. The van der Waals surface area contributed by atoms with Gasteiger partial charge in [-0.25, -0.2) is 0 Å². The maximum atomic E-state index is 10.3. The lowest BCUT2D eigenvalue weighted by molar-refractivity contribution is -0.107. The van der Waals surface area contributed by atoms with Crippen LogP contribution in [0.25, 0.3) is 0 Å². The van der Waals surface area contributed by atoms with Gasteiger partial charge in [-0.3, -0.25) is 0 Å². The Morgan fingerprint density at radius 2 is 1.94 bits per heavy atom. The third-order valence-corrected chi connectivity index (χ3v) is 3.16. The highest BCUT2D eigenvalue weighted by Crippen LogP contribution is 2.28. The molecule has 0 saturated carbocycles. The molecule has 0 aliphatic carbocycles. The molecule has 2 heteroatoms. The Balaban J connectivity index is 2.82. The fourth-order valence-electron chi connectivity index (χ4n) is 1.98. The number of carbonyl (C=O) groups is 1. The van der Waals surface area contributed by atoms with Crippen LogP contribution in [0.1, 0.15) is 51.2 Å². The van der Waals surface area contributed by atoms with Crippen LogP contribution in [0.5, 0.6) is 5.75 Å². The molecule has 1 aromatic carbocycles. The SMILES string of the molecule is COc1ccc(C(C)(C)C)cc1CCCCC=O. The van der Waals surface area contributed by atoms with Gasteiger partial charge >= 0.3 is 0 Å². The molecular weight excluding hydrogens is 224 g/mol. The molecule has 0 bridgehead atoms. The minimum atomic E-state index is 0.157. The quantitative estimate of drug-likeness (QED) is 0.563. The van der Waals surface area contributed by atoms with Gasteiger partial charge in [-0.1, -0.05) is 32.9 Å². The van der Waals surface area contributed by atoms with E-state index in [-0.39, 0.29) is 5.41 Å². The number of rotatable bonds is 6. The topological polar surface area (TPSA) is 26.3 Å². The number of methoxy groups -OCH3 is 1. The van der Waals surface area contributed by atoms with Gasteiger partial charge in [0.15, 0.2) is 0 Å². The van der Waals surface area contributed by atoms with E-state index in [0.717, 1.165) is 31.3 Å². The first kappa shape index (κ1) is 14.7. The molecule has 2 nitrogen and oxygen atoms in total. The monoisotopic (exact) mass is 248 g/mol. The van der Waals surface area contributed by atoms with Crippen molar-refractivity contribution in [2.24, 2.45) is 0 Å². The molecule has 0 heterocycles. The first-order chi connectivity index (χ1) is 8.49. The number of carbonyl (C=O) groups excluding carboxylic acids is 1. The second kappa shape index (κ2) is 6.58.